The highest BCUT2D eigenvalue weighted by Gasteiger charge is 2.02. The molecule has 0 fully saturated rings. The van der Waals surface area contributed by atoms with E-state index in [0.717, 1.165) is 49.2 Å². The Morgan fingerprint density at radius 2 is 1.11 bits per heavy atom. The van der Waals surface area contributed by atoms with E-state index in [1.165, 1.54) is 31.2 Å². The van der Waals surface area contributed by atoms with Crippen LogP contribution in [0.1, 0.15) is 74.2 Å². The molecule has 0 aliphatic carbocycles. The minimum Gasteiger partial charge on any atom is -0.494 e. The van der Waals surface area contributed by atoms with Crippen LogP contribution in [0.15, 0.2) is 83.0 Å². The number of aryl methyl sites for hydroxylation is 1. The number of carboxylic acid groups (broad SMARTS) is 1. The lowest BCUT2D eigenvalue weighted by molar-refractivity contribution is 0.0697. The van der Waals surface area contributed by atoms with Crippen molar-refractivity contribution in [2.75, 3.05) is 13.2 Å². The first-order valence-electron chi connectivity index (χ1n) is 13.3. The summed E-state index contributed by atoms with van der Waals surface area (Å²) in [7, 11) is 0. The van der Waals surface area contributed by atoms with Gasteiger partial charge in [-0.3, -0.25) is 0 Å². The first-order valence-corrected chi connectivity index (χ1v) is 13.3. The molecule has 0 aromatic heterocycles. The van der Waals surface area contributed by atoms with Crippen LogP contribution in [-0.4, -0.2) is 24.3 Å². The van der Waals surface area contributed by atoms with Crippen molar-refractivity contribution in [1.82, 2.24) is 0 Å². The minimum absolute atomic E-state index is 0.273. The summed E-state index contributed by atoms with van der Waals surface area (Å²) in [6, 6.07) is 22.6. The van der Waals surface area contributed by atoms with E-state index in [2.05, 4.69) is 29.3 Å². The summed E-state index contributed by atoms with van der Waals surface area (Å²) < 4.78 is 11.5. The number of rotatable bonds is 17. The van der Waals surface area contributed by atoms with Crippen LogP contribution in [0, 0.1) is 0 Å². The molecule has 0 bridgehead atoms. The molecule has 0 unspecified atom stereocenters. The Hall–Kier alpha value is -3.67. The maximum absolute atomic E-state index is 10.9. The average molecular weight is 503 g/mol. The number of aromatic carboxylic acids is 1. The summed E-state index contributed by atoms with van der Waals surface area (Å²) in [6.45, 7) is 3.56. The fraction of sp³-hybridized carbons (Fsp3) is 0.387. The zero-order valence-electron chi connectivity index (χ0n) is 21.8. The summed E-state index contributed by atoms with van der Waals surface area (Å²) >= 11 is 0. The van der Waals surface area contributed by atoms with E-state index in [-0.39, 0.29) is 5.56 Å². The van der Waals surface area contributed by atoms with Crippen LogP contribution in [0.25, 0.3) is 0 Å². The third kappa shape index (κ3) is 10.9. The molecule has 6 heteroatoms. The Morgan fingerprint density at radius 1 is 0.649 bits per heavy atom. The highest BCUT2D eigenvalue weighted by molar-refractivity contribution is 5.87. The fourth-order valence-electron chi connectivity index (χ4n) is 3.82. The van der Waals surface area contributed by atoms with Gasteiger partial charge >= 0.3 is 5.97 Å². The molecule has 1 N–H and O–H groups in total. The highest BCUT2D eigenvalue weighted by atomic mass is 16.5. The number of benzene rings is 3. The third-order valence-electron chi connectivity index (χ3n) is 6.05. The molecule has 0 aliphatic heterocycles. The van der Waals surface area contributed by atoms with E-state index in [9.17, 15) is 4.79 Å². The van der Waals surface area contributed by atoms with Gasteiger partial charge in [0.05, 0.1) is 30.2 Å². The maximum atomic E-state index is 10.9. The molecule has 3 rings (SSSR count). The largest absolute Gasteiger partial charge is 0.494 e. The third-order valence-corrected chi connectivity index (χ3v) is 6.05. The van der Waals surface area contributed by atoms with Crippen LogP contribution in [-0.2, 0) is 6.42 Å². The lowest BCUT2D eigenvalue weighted by atomic mass is 10.1. The lowest BCUT2D eigenvalue weighted by Crippen LogP contribution is -1.99. The van der Waals surface area contributed by atoms with Crippen LogP contribution in [0.4, 0.5) is 11.4 Å². The van der Waals surface area contributed by atoms with Crippen LogP contribution >= 0.6 is 0 Å². The Balaban J connectivity index is 1.21. The normalized spacial score (nSPS) is 11.1. The van der Waals surface area contributed by atoms with Gasteiger partial charge in [-0.05, 0) is 91.9 Å². The molecule has 3 aromatic rings. The number of hydrogen-bond donors (Lipinski definition) is 1. The first kappa shape index (κ1) is 27.9. The van der Waals surface area contributed by atoms with Crippen molar-refractivity contribution in [2.45, 2.75) is 64.7 Å². The molecule has 3 aromatic carbocycles. The predicted molar refractivity (Wildman–Crippen MR) is 148 cm³/mol. The molecule has 0 saturated carbocycles. The monoisotopic (exact) mass is 502 g/mol. The van der Waals surface area contributed by atoms with Crippen molar-refractivity contribution in [1.29, 1.82) is 0 Å². The van der Waals surface area contributed by atoms with Crippen molar-refractivity contribution in [3.05, 3.63) is 83.9 Å². The van der Waals surface area contributed by atoms with Crippen molar-refractivity contribution < 1.29 is 19.4 Å². The molecule has 0 heterocycles. The smallest absolute Gasteiger partial charge is 0.335 e. The van der Waals surface area contributed by atoms with Crippen molar-refractivity contribution in [3.63, 3.8) is 0 Å². The summed E-state index contributed by atoms with van der Waals surface area (Å²) in [5.74, 6) is 0.644. The van der Waals surface area contributed by atoms with E-state index in [4.69, 9.17) is 14.6 Å². The van der Waals surface area contributed by atoms with Gasteiger partial charge in [-0.15, -0.1) is 0 Å². The molecule has 0 spiro atoms. The molecule has 0 aliphatic rings. The van der Waals surface area contributed by atoms with Gasteiger partial charge in [0.25, 0.3) is 0 Å². The van der Waals surface area contributed by atoms with Crippen molar-refractivity contribution in [3.8, 4) is 11.5 Å². The quantitative estimate of drug-likeness (QED) is 0.148. The number of carbonyl (C=O) groups is 1. The highest BCUT2D eigenvalue weighted by Crippen LogP contribution is 2.22. The molecule has 37 heavy (non-hydrogen) atoms. The van der Waals surface area contributed by atoms with Gasteiger partial charge in [0.2, 0.25) is 0 Å². The second-order valence-corrected chi connectivity index (χ2v) is 9.11. The fourth-order valence-corrected chi connectivity index (χ4v) is 3.82. The number of hydrogen-bond acceptors (Lipinski definition) is 5. The van der Waals surface area contributed by atoms with Crippen LogP contribution in [0.2, 0.25) is 0 Å². The maximum Gasteiger partial charge on any atom is 0.335 e. The van der Waals surface area contributed by atoms with E-state index >= 15 is 0 Å². The Kier molecular flexibility index (Phi) is 12.2. The Bertz CT molecular complexity index is 1080. The SMILES string of the molecule is CCCCc1ccc(N=Nc2ccc(OCCCCCCCCOc3ccc(C(=O)O)cc3)cc2)cc1. The zero-order chi connectivity index (χ0) is 26.1. The van der Waals surface area contributed by atoms with Crippen LogP contribution in [0.5, 0.6) is 11.5 Å². The lowest BCUT2D eigenvalue weighted by Gasteiger charge is -2.07. The standard InChI is InChI=1S/C31H38N2O4/c1-2-3-10-25-11-15-27(16-12-25)32-33-28-17-21-30(22-18-28)37-24-9-7-5-4-6-8-23-36-29-19-13-26(14-20-29)31(34)35/h11-22H,2-10,23-24H2,1H3,(H,34,35). The molecular formula is C31H38N2O4. The van der Waals surface area contributed by atoms with Gasteiger partial charge in [0, 0.05) is 0 Å². The van der Waals surface area contributed by atoms with Crippen molar-refractivity contribution >= 4 is 17.3 Å². The zero-order valence-corrected chi connectivity index (χ0v) is 21.8. The number of azo groups is 1. The first-order chi connectivity index (χ1) is 18.1. The molecule has 0 amide bonds. The second kappa shape index (κ2) is 16.1. The van der Waals surface area contributed by atoms with Crippen LogP contribution in [0.3, 0.4) is 0 Å². The number of nitrogens with zero attached hydrogens (tertiary/aromatic N) is 2. The average Bonchev–Trinajstić information content (AvgIpc) is 2.93. The molecule has 0 radical (unpaired) electrons. The van der Waals surface area contributed by atoms with Crippen LogP contribution < -0.4 is 9.47 Å². The summed E-state index contributed by atoms with van der Waals surface area (Å²) in [5, 5.41) is 17.6. The molecule has 196 valence electrons. The number of carboxylic acids is 1. The van der Waals surface area contributed by atoms with E-state index in [1.54, 1.807) is 24.3 Å². The van der Waals surface area contributed by atoms with Gasteiger partial charge in [0.15, 0.2) is 0 Å². The van der Waals surface area contributed by atoms with E-state index in [1.807, 2.05) is 36.4 Å². The van der Waals surface area contributed by atoms with Crippen molar-refractivity contribution in [2.24, 2.45) is 10.2 Å². The van der Waals surface area contributed by atoms with E-state index < -0.39 is 5.97 Å². The number of unbranched alkanes of at least 4 members (excludes halogenated alkanes) is 6. The second-order valence-electron chi connectivity index (χ2n) is 9.11. The van der Waals surface area contributed by atoms with Gasteiger partial charge in [0.1, 0.15) is 11.5 Å². The van der Waals surface area contributed by atoms with E-state index in [0.29, 0.717) is 19.0 Å². The van der Waals surface area contributed by atoms with Gasteiger partial charge in [-0.25, -0.2) is 4.79 Å². The van der Waals surface area contributed by atoms with Gasteiger partial charge in [-0.1, -0.05) is 51.2 Å². The molecule has 0 saturated heterocycles. The predicted octanol–water partition coefficient (Wildman–Crippen LogP) is 8.94. The van der Waals surface area contributed by atoms with Gasteiger partial charge < -0.3 is 14.6 Å². The Morgan fingerprint density at radius 3 is 1.59 bits per heavy atom. The number of ether oxygens (including phenoxy) is 2. The Labute approximate surface area is 220 Å². The molecular weight excluding hydrogens is 464 g/mol. The summed E-state index contributed by atoms with van der Waals surface area (Å²) in [6.07, 6.45) is 10.2. The minimum atomic E-state index is -0.924. The van der Waals surface area contributed by atoms with Gasteiger partial charge in [-0.2, -0.15) is 10.2 Å². The topological polar surface area (TPSA) is 80.5 Å². The summed E-state index contributed by atoms with van der Waals surface area (Å²) in [5.41, 5.74) is 3.29. The molecule has 0 atom stereocenters. The summed E-state index contributed by atoms with van der Waals surface area (Å²) in [4.78, 5) is 10.9. The molecule has 6 nitrogen and oxygen atoms in total.